The molecule has 1 aliphatic rings. The van der Waals surface area contributed by atoms with Crippen LogP contribution in [0.25, 0.3) is 0 Å². The van der Waals surface area contributed by atoms with E-state index >= 15 is 0 Å². The topological polar surface area (TPSA) is 64.6 Å². The van der Waals surface area contributed by atoms with Crippen LogP contribution in [0, 0.1) is 6.92 Å². The molecule has 1 unspecified atom stereocenters. The molecule has 0 amide bonds. The first-order valence-corrected chi connectivity index (χ1v) is 8.86. The molecular weight excluding hydrogens is 314 g/mol. The summed E-state index contributed by atoms with van der Waals surface area (Å²) in [6, 6.07) is 12.3. The Bertz CT molecular complexity index is 817. The third-order valence-electron chi connectivity index (χ3n) is 3.88. The lowest BCUT2D eigenvalue weighted by atomic mass is 10.0. The summed E-state index contributed by atoms with van der Waals surface area (Å²) in [5.41, 5.74) is 1.66. The molecule has 0 saturated carbocycles. The van der Waals surface area contributed by atoms with E-state index in [-0.39, 0.29) is 12.6 Å². The van der Waals surface area contributed by atoms with Gasteiger partial charge in [-0.05, 0) is 36.6 Å². The number of ether oxygens (including phenoxy) is 2. The van der Waals surface area contributed by atoms with Crippen LogP contribution in [0.5, 0.6) is 11.5 Å². The van der Waals surface area contributed by atoms with Crippen LogP contribution >= 0.6 is 0 Å². The number of rotatable bonds is 4. The predicted molar refractivity (Wildman–Crippen MR) is 87.5 cm³/mol. The lowest BCUT2D eigenvalue weighted by molar-refractivity contribution is 0.240. The third kappa shape index (κ3) is 3.18. The number of para-hydroxylation sites is 1. The van der Waals surface area contributed by atoms with Gasteiger partial charge in [0, 0.05) is 0 Å². The number of benzene rings is 2. The minimum atomic E-state index is -3.57. The highest BCUT2D eigenvalue weighted by atomic mass is 32.2. The smallest absolute Gasteiger partial charge is 0.241 e. The van der Waals surface area contributed by atoms with Gasteiger partial charge in [-0.15, -0.1) is 0 Å². The first-order valence-electron chi connectivity index (χ1n) is 7.38. The highest BCUT2D eigenvalue weighted by Gasteiger charge is 2.27. The fourth-order valence-corrected chi connectivity index (χ4v) is 4.24. The zero-order valence-electron chi connectivity index (χ0n) is 13.1. The van der Waals surface area contributed by atoms with Gasteiger partial charge in [0.15, 0.2) is 11.5 Å². The maximum atomic E-state index is 12.6. The number of sulfonamides is 1. The van der Waals surface area contributed by atoms with E-state index < -0.39 is 10.0 Å². The molecule has 23 heavy (non-hydrogen) atoms. The fourth-order valence-electron chi connectivity index (χ4n) is 2.77. The Morgan fingerprint density at radius 3 is 2.70 bits per heavy atom. The lowest BCUT2D eigenvalue weighted by Crippen LogP contribution is -2.42. The van der Waals surface area contributed by atoms with Gasteiger partial charge in [-0.25, -0.2) is 13.1 Å². The maximum Gasteiger partial charge on any atom is 0.241 e. The Kier molecular flexibility index (Phi) is 4.28. The Balaban J connectivity index is 1.81. The number of nitrogens with one attached hydrogen (secondary N) is 1. The van der Waals surface area contributed by atoms with Crippen molar-refractivity contribution in [2.24, 2.45) is 0 Å². The van der Waals surface area contributed by atoms with Gasteiger partial charge in [-0.3, -0.25) is 0 Å². The minimum absolute atomic E-state index is 0.276. The van der Waals surface area contributed by atoms with Crippen molar-refractivity contribution in [3.05, 3.63) is 53.6 Å². The molecule has 5 nitrogen and oxygen atoms in total. The summed E-state index contributed by atoms with van der Waals surface area (Å²) in [6.07, 6.45) is 0.567. The number of methoxy groups -OCH3 is 1. The number of fused-ring (bicyclic) bond motifs is 1. The molecular formula is C17H19NO4S. The summed E-state index contributed by atoms with van der Waals surface area (Å²) < 4.78 is 38.9. The van der Waals surface area contributed by atoms with Gasteiger partial charge in [0.2, 0.25) is 10.0 Å². The molecule has 6 heteroatoms. The average molecular weight is 333 g/mol. The lowest BCUT2D eigenvalue weighted by Gasteiger charge is -2.27. The van der Waals surface area contributed by atoms with Gasteiger partial charge in [0.25, 0.3) is 0 Å². The van der Waals surface area contributed by atoms with Gasteiger partial charge >= 0.3 is 0 Å². The van der Waals surface area contributed by atoms with Crippen LogP contribution in [-0.2, 0) is 16.4 Å². The third-order valence-corrected chi connectivity index (χ3v) is 5.56. The second-order valence-corrected chi connectivity index (χ2v) is 7.23. The zero-order chi connectivity index (χ0) is 16.4. The quantitative estimate of drug-likeness (QED) is 0.932. The van der Waals surface area contributed by atoms with Crippen LogP contribution < -0.4 is 14.2 Å². The molecule has 0 aliphatic carbocycles. The number of hydrogen-bond acceptors (Lipinski definition) is 4. The molecule has 0 spiro atoms. The average Bonchev–Trinajstić information content (AvgIpc) is 2.54. The van der Waals surface area contributed by atoms with Crippen LogP contribution in [0.15, 0.2) is 47.4 Å². The van der Waals surface area contributed by atoms with Crippen LogP contribution in [0.3, 0.4) is 0 Å². The predicted octanol–water partition coefficient (Wildman–Crippen LogP) is 2.29. The van der Waals surface area contributed by atoms with Crippen molar-refractivity contribution in [2.45, 2.75) is 24.3 Å². The molecule has 2 aromatic rings. The van der Waals surface area contributed by atoms with Gasteiger partial charge in [-0.1, -0.05) is 30.3 Å². The van der Waals surface area contributed by atoms with Gasteiger partial charge in [0.05, 0.1) is 18.0 Å². The summed E-state index contributed by atoms with van der Waals surface area (Å²) in [6.45, 7) is 2.06. The van der Waals surface area contributed by atoms with Crippen molar-refractivity contribution >= 4 is 10.0 Å². The van der Waals surface area contributed by atoms with Crippen molar-refractivity contribution in [1.29, 1.82) is 0 Å². The first kappa shape index (κ1) is 15.8. The van der Waals surface area contributed by atoms with Crippen molar-refractivity contribution in [3.8, 4) is 11.5 Å². The standard InChI is InChI=1S/C17H19NO4S/c1-12-6-3-4-9-16(12)23(19,20)18-14-10-13-7-5-8-15(21-2)17(13)22-11-14/h3-9,14,18H,10-11H2,1-2H3. The van der Waals surface area contributed by atoms with Crippen LogP contribution in [0.1, 0.15) is 11.1 Å². The Morgan fingerprint density at radius 1 is 1.17 bits per heavy atom. The molecule has 1 atom stereocenters. The summed E-state index contributed by atoms with van der Waals surface area (Å²) in [5, 5.41) is 0. The molecule has 1 aliphatic heterocycles. The van der Waals surface area contributed by atoms with E-state index in [1.807, 2.05) is 24.3 Å². The zero-order valence-corrected chi connectivity index (χ0v) is 13.9. The van der Waals surface area contributed by atoms with Crippen LogP contribution in [0.4, 0.5) is 0 Å². The molecule has 0 saturated heterocycles. The van der Waals surface area contributed by atoms with E-state index in [0.717, 1.165) is 11.1 Å². The fraction of sp³-hybridized carbons (Fsp3) is 0.294. The van der Waals surface area contributed by atoms with Crippen molar-refractivity contribution in [2.75, 3.05) is 13.7 Å². The van der Waals surface area contributed by atoms with E-state index in [0.29, 0.717) is 22.8 Å². The van der Waals surface area contributed by atoms with E-state index in [4.69, 9.17) is 9.47 Å². The second-order valence-electron chi connectivity index (χ2n) is 5.55. The molecule has 0 bridgehead atoms. The Hall–Kier alpha value is -2.05. The van der Waals surface area contributed by atoms with E-state index in [1.165, 1.54) is 0 Å². The van der Waals surface area contributed by atoms with Gasteiger partial charge < -0.3 is 9.47 Å². The summed E-state index contributed by atoms with van der Waals surface area (Å²) in [5.74, 6) is 1.36. The number of hydrogen-bond donors (Lipinski definition) is 1. The SMILES string of the molecule is COc1cccc2c1OCC(NS(=O)(=O)c1ccccc1C)C2. The monoisotopic (exact) mass is 333 g/mol. The Morgan fingerprint density at radius 2 is 1.96 bits per heavy atom. The summed E-state index contributed by atoms with van der Waals surface area (Å²) >= 11 is 0. The first-order chi connectivity index (χ1) is 11.0. The molecule has 3 rings (SSSR count). The van der Waals surface area contributed by atoms with Crippen molar-refractivity contribution in [1.82, 2.24) is 4.72 Å². The number of aryl methyl sites for hydroxylation is 1. The molecule has 2 aromatic carbocycles. The maximum absolute atomic E-state index is 12.6. The van der Waals surface area contributed by atoms with E-state index in [9.17, 15) is 8.42 Å². The Labute approximate surface area is 136 Å². The highest BCUT2D eigenvalue weighted by Crippen LogP contribution is 2.34. The molecule has 0 aromatic heterocycles. The largest absolute Gasteiger partial charge is 0.493 e. The molecule has 0 fully saturated rings. The molecule has 0 radical (unpaired) electrons. The molecule has 122 valence electrons. The molecule has 1 N–H and O–H groups in total. The minimum Gasteiger partial charge on any atom is -0.493 e. The highest BCUT2D eigenvalue weighted by molar-refractivity contribution is 7.89. The van der Waals surface area contributed by atoms with Crippen molar-refractivity contribution < 1.29 is 17.9 Å². The summed E-state index contributed by atoms with van der Waals surface area (Å²) in [4.78, 5) is 0.302. The van der Waals surface area contributed by atoms with E-state index in [1.54, 1.807) is 32.2 Å². The molecule has 1 heterocycles. The second kappa shape index (κ2) is 6.22. The van der Waals surface area contributed by atoms with Crippen LogP contribution in [0.2, 0.25) is 0 Å². The van der Waals surface area contributed by atoms with Gasteiger partial charge in [0.1, 0.15) is 6.61 Å². The normalized spacial score (nSPS) is 17.2. The van der Waals surface area contributed by atoms with E-state index in [2.05, 4.69) is 4.72 Å². The van der Waals surface area contributed by atoms with Crippen molar-refractivity contribution in [3.63, 3.8) is 0 Å². The summed E-state index contributed by atoms with van der Waals surface area (Å²) in [7, 11) is -1.98. The van der Waals surface area contributed by atoms with Crippen LogP contribution in [-0.4, -0.2) is 28.2 Å². The van der Waals surface area contributed by atoms with Gasteiger partial charge in [-0.2, -0.15) is 0 Å².